The van der Waals surface area contributed by atoms with E-state index in [-0.39, 0.29) is 5.60 Å². The highest BCUT2D eigenvalue weighted by atomic mass is 16.5. The summed E-state index contributed by atoms with van der Waals surface area (Å²) in [5.74, 6) is 0.798. The second-order valence-electron chi connectivity index (χ2n) is 6.66. The van der Waals surface area contributed by atoms with Crippen LogP contribution in [0.1, 0.15) is 78.6 Å². The maximum atomic E-state index is 6.39. The topological polar surface area (TPSA) is 21.3 Å². The van der Waals surface area contributed by atoms with E-state index in [1.165, 1.54) is 57.8 Å². The lowest BCUT2D eigenvalue weighted by Crippen LogP contribution is -2.43. The van der Waals surface area contributed by atoms with Crippen LogP contribution in [0.25, 0.3) is 0 Å². The summed E-state index contributed by atoms with van der Waals surface area (Å²) in [7, 11) is 0. The predicted octanol–water partition coefficient (Wildman–Crippen LogP) is 4.53. The summed E-state index contributed by atoms with van der Waals surface area (Å²) in [5, 5.41) is 3.60. The molecule has 1 saturated carbocycles. The maximum absolute atomic E-state index is 6.39. The van der Waals surface area contributed by atoms with E-state index < -0.39 is 0 Å². The highest BCUT2D eigenvalue weighted by Gasteiger charge is 2.31. The van der Waals surface area contributed by atoms with Crippen molar-refractivity contribution < 1.29 is 4.74 Å². The Bertz CT molecular complexity index is 207. The molecule has 114 valence electrons. The molecule has 2 nitrogen and oxygen atoms in total. The van der Waals surface area contributed by atoms with E-state index in [1.807, 2.05) is 0 Å². The van der Waals surface area contributed by atoms with E-state index in [0.717, 1.165) is 25.6 Å². The standard InChI is InChI=1S/C17H35NO/c1-4-13-18-15-17(11-7-5-6-8-12-17)19-14-9-10-16(2)3/h16,18H,4-15H2,1-3H3. The molecule has 1 rings (SSSR count). The van der Waals surface area contributed by atoms with Crippen molar-refractivity contribution in [3.8, 4) is 0 Å². The molecule has 0 bridgehead atoms. The minimum Gasteiger partial charge on any atom is -0.374 e. The summed E-state index contributed by atoms with van der Waals surface area (Å²) < 4.78 is 6.39. The largest absolute Gasteiger partial charge is 0.374 e. The monoisotopic (exact) mass is 269 g/mol. The average Bonchev–Trinajstić information content (AvgIpc) is 2.61. The molecule has 19 heavy (non-hydrogen) atoms. The van der Waals surface area contributed by atoms with Crippen molar-refractivity contribution in [2.75, 3.05) is 19.7 Å². The van der Waals surface area contributed by atoms with Crippen LogP contribution in [0.15, 0.2) is 0 Å². The van der Waals surface area contributed by atoms with Gasteiger partial charge in [0.1, 0.15) is 0 Å². The number of hydrogen-bond donors (Lipinski definition) is 1. The van der Waals surface area contributed by atoms with Gasteiger partial charge in [0.05, 0.1) is 5.60 Å². The van der Waals surface area contributed by atoms with Gasteiger partial charge in [-0.25, -0.2) is 0 Å². The number of ether oxygens (including phenoxy) is 1. The lowest BCUT2D eigenvalue weighted by molar-refractivity contribution is -0.0567. The Balaban J connectivity index is 2.38. The first kappa shape index (κ1) is 17.0. The summed E-state index contributed by atoms with van der Waals surface area (Å²) in [4.78, 5) is 0. The van der Waals surface area contributed by atoms with Crippen LogP contribution in [0.3, 0.4) is 0 Å². The minimum absolute atomic E-state index is 0.142. The lowest BCUT2D eigenvalue weighted by Gasteiger charge is -2.33. The van der Waals surface area contributed by atoms with Gasteiger partial charge in [-0.15, -0.1) is 0 Å². The summed E-state index contributed by atoms with van der Waals surface area (Å²) in [6.07, 6.45) is 11.7. The third kappa shape index (κ3) is 7.31. The third-order valence-electron chi connectivity index (χ3n) is 4.22. The molecule has 1 fully saturated rings. The lowest BCUT2D eigenvalue weighted by atomic mass is 9.93. The Hall–Kier alpha value is -0.0800. The fourth-order valence-corrected chi connectivity index (χ4v) is 3.02. The van der Waals surface area contributed by atoms with Crippen LogP contribution >= 0.6 is 0 Å². The van der Waals surface area contributed by atoms with Gasteiger partial charge in [0.2, 0.25) is 0 Å². The molecule has 0 unspecified atom stereocenters. The molecule has 0 aromatic heterocycles. The normalized spacial score (nSPS) is 19.6. The molecule has 0 aromatic rings. The van der Waals surface area contributed by atoms with Crippen LogP contribution in [-0.4, -0.2) is 25.3 Å². The molecule has 1 aliphatic carbocycles. The Labute approximate surface area is 120 Å². The van der Waals surface area contributed by atoms with E-state index in [0.29, 0.717) is 0 Å². The van der Waals surface area contributed by atoms with Gasteiger partial charge < -0.3 is 10.1 Å². The number of hydrogen-bond acceptors (Lipinski definition) is 2. The number of rotatable bonds is 9. The molecule has 0 radical (unpaired) electrons. The summed E-state index contributed by atoms with van der Waals surface area (Å²) in [6, 6.07) is 0. The molecular weight excluding hydrogens is 234 g/mol. The summed E-state index contributed by atoms with van der Waals surface area (Å²) >= 11 is 0. The molecule has 1 aliphatic rings. The zero-order chi connectivity index (χ0) is 14.0. The van der Waals surface area contributed by atoms with Crippen molar-refractivity contribution >= 4 is 0 Å². The second kappa shape index (κ2) is 9.77. The smallest absolute Gasteiger partial charge is 0.0806 e. The third-order valence-corrected chi connectivity index (χ3v) is 4.22. The SMILES string of the molecule is CCCNCC1(OCCCC(C)C)CCCCCC1. The van der Waals surface area contributed by atoms with E-state index in [9.17, 15) is 0 Å². The molecule has 0 amide bonds. The van der Waals surface area contributed by atoms with E-state index >= 15 is 0 Å². The molecule has 0 aliphatic heterocycles. The van der Waals surface area contributed by atoms with Crippen LogP contribution in [0.5, 0.6) is 0 Å². The Kier molecular flexibility index (Phi) is 8.72. The van der Waals surface area contributed by atoms with Gasteiger partial charge in [0, 0.05) is 13.2 Å². The Morgan fingerprint density at radius 1 is 1.11 bits per heavy atom. The molecule has 0 atom stereocenters. The zero-order valence-corrected chi connectivity index (χ0v) is 13.5. The minimum atomic E-state index is 0.142. The first-order chi connectivity index (χ1) is 9.18. The van der Waals surface area contributed by atoms with Crippen molar-refractivity contribution in [2.45, 2.75) is 84.2 Å². The first-order valence-electron chi connectivity index (χ1n) is 8.53. The molecular formula is C17H35NO. The predicted molar refractivity (Wildman–Crippen MR) is 83.6 cm³/mol. The molecule has 2 heteroatoms. The molecule has 0 spiro atoms. The van der Waals surface area contributed by atoms with Crippen LogP contribution in [-0.2, 0) is 4.74 Å². The highest BCUT2D eigenvalue weighted by molar-refractivity contribution is 4.85. The second-order valence-corrected chi connectivity index (χ2v) is 6.66. The first-order valence-corrected chi connectivity index (χ1v) is 8.53. The quantitative estimate of drug-likeness (QED) is 0.490. The van der Waals surface area contributed by atoms with Crippen molar-refractivity contribution in [3.05, 3.63) is 0 Å². The van der Waals surface area contributed by atoms with Crippen molar-refractivity contribution in [1.29, 1.82) is 0 Å². The molecule has 0 heterocycles. The fraction of sp³-hybridized carbons (Fsp3) is 1.00. The Morgan fingerprint density at radius 2 is 1.79 bits per heavy atom. The Morgan fingerprint density at radius 3 is 2.37 bits per heavy atom. The van der Waals surface area contributed by atoms with E-state index in [1.54, 1.807) is 0 Å². The van der Waals surface area contributed by atoms with Crippen LogP contribution in [0.4, 0.5) is 0 Å². The molecule has 1 N–H and O–H groups in total. The van der Waals surface area contributed by atoms with Crippen molar-refractivity contribution in [1.82, 2.24) is 5.32 Å². The summed E-state index contributed by atoms with van der Waals surface area (Å²) in [6.45, 7) is 9.95. The van der Waals surface area contributed by atoms with Crippen LogP contribution < -0.4 is 5.32 Å². The molecule has 0 saturated heterocycles. The van der Waals surface area contributed by atoms with Gasteiger partial charge in [0.25, 0.3) is 0 Å². The molecule has 0 aromatic carbocycles. The highest BCUT2D eigenvalue weighted by Crippen LogP contribution is 2.30. The van der Waals surface area contributed by atoms with Crippen LogP contribution in [0, 0.1) is 5.92 Å². The van der Waals surface area contributed by atoms with E-state index in [4.69, 9.17) is 4.74 Å². The average molecular weight is 269 g/mol. The maximum Gasteiger partial charge on any atom is 0.0806 e. The van der Waals surface area contributed by atoms with Gasteiger partial charge in [-0.05, 0) is 44.6 Å². The van der Waals surface area contributed by atoms with Crippen molar-refractivity contribution in [3.63, 3.8) is 0 Å². The zero-order valence-electron chi connectivity index (χ0n) is 13.5. The van der Waals surface area contributed by atoms with Gasteiger partial charge in [0.15, 0.2) is 0 Å². The van der Waals surface area contributed by atoms with Crippen molar-refractivity contribution in [2.24, 2.45) is 5.92 Å². The fourth-order valence-electron chi connectivity index (χ4n) is 3.02. The van der Waals surface area contributed by atoms with Gasteiger partial charge in [-0.1, -0.05) is 46.5 Å². The van der Waals surface area contributed by atoms with Gasteiger partial charge in [-0.2, -0.15) is 0 Å². The van der Waals surface area contributed by atoms with Gasteiger partial charge >= 0.3 is 0 Å². The van der Waals surface area contributed by atoms with Gasteiger partial charge in [-0.3, -0.25) is 0 Å². The van der Waals surface area contributed by atoms with E-state index in [2.05, 4.69) is 26.1 Å². The summed E-state index contributed by atoms with van der Waals surface area (Å²) in [5.41, 5.74) is 0.142. The number of nitrogens with one attached hydrogen (secondary N) is 1. The van der Waals surface area contributed by atoms with Crippen LogP contribution in [0.2, 0.25) is 0 Å².